The van der Waals surface area contributed by atoms with Crippen molar-refractivity contribution >= 4 is 0 Å². The van der Waals surface area contributed by atoms with Gasteiger partial charge in [-0.1, -0.05) is 25.7 Å². The molecule has 0 saturated carbocycles. The maximum Gasteiger partial charge on any atom is 0.0846 e. The third kappa shape index (κ3) is 5.61. The molecule has 1 N–H and O–H groups in total. The summed E-state index contributed by atoms with van der Waals surface area (Å²) in [5, 5.41) is 10.1. The first kappa shape index (κ1) is 9.48. The summed E-state index contributed by atoms with van der Waals surface area (Å²) in [6.45, 7) is 3.16. The molecule has 58 valence electrons. The monoisotopic (exact) mass is 141 g/mol. The van der Waals surface area contributed by atoms with Gasteiger partial charge in [0.15, 0.2) is 0 Å². The quantitative estimate of drug-likeness (QED) is 0.356. The first-order valence-corrected chi connectivity index (χ1v) is 3.68. The second kappa shape index (κ2) is 6.60. The summed E-state index contributed by atoms with van der Waals surface area (Å²) in [7, 11) is 0. The Balaban J connectivity index is 3.06. The maximum absolute atomic E-state index is 8.97. The molecule has 0 heterocycles. The minimum atomic E-state index is 0.337. The molecule has 10 heavy (non-hydrogen) atoms. The molecular formula is C8H15NO. The van der Waals surface area contributed by atoms with Crippen LogP contribution in [0.25, 0.3) is 0 Å². The van der Waals surface area contributed by atoms with Gasteiger partial charge in [-0.05, 0) is 6.42 Å². The van der Waals surface area contributed by atoms with Crippen LogP contribution in [0.5, 0.6) is 0 Å². The van der Waals surface area contributed by atoms with E-state index in [0.29, 0.717) is 13.1 Å². The highest BCUT2D eigenvalue weighted by Crippen LogP contribution is 1.94. The number of unbranched alkanes of at least 4 members (excludes halogenated alkanes) is 2. The highest BCUT2D eigenvalue weighted by Gasteiger charge is 1.94. The van der Waals surface area contributed by atoms with Gasteiger partial charge in [-0.2, -0.15) is 5.06 Å². The van der Waals surface area contributed by atoms with Crippen molar-refractivity contribution in [2.24, 2.45) is 0 Å². The fourth-order valence-electron chi connectivity index (χ4n) is 0.729. The van der Waals surface area contributed by atoms with Crippen LogP contribution >= 0.6 is 0 Å². The molecule has 0 aliphatic carbocycles. The standard InChI is InChI=1S/C8H15NO/c1-3-5-6-8-9(10)7-4-2/h2,10H,3,5-8H2,1H3. The minimum Gasteiger partial charge on any atom is -0.313 e. The summed E-state index contributed by atoms with van der Waals surface area (Å²) < 4.78 is 0. The van der Waals surface area contributed by atoms with Crippen molar-refractivity contribution in [3.05, 3.63) is 0 Å². The third-order valence-corrected chi connectivity index (χ3v) is 1.29. The van der Waals surface area contributed by atoms with Gasteiger partial charge in [-0.3, -0.25) is 0 Å². The van der Waals surface area contributed by atoms with Crippen LogP contribution in [-0.2, 0) is 0 Å². The Bertz CT molecular complexity index is 106. The van der Waals surface area contributed by atoms with Gasteiger partial charge < -0.3 is 5.21 Å². The van der Waals surface area contributed by atoms with Crippen molar-refractivity contribution in [1.82, 2.24) is 5.06 Å². The van der Waals surface area contributed by atoms with Crippen molar-refractivity contribution in [3.63, 3.8) is 0 Å². The number of nitrogens with zero attached hydrogens (tertiary/aromatic N) is 1. The van der Waals surface area contributed by atoms with Crippen LogP contribution in [0.15, 0.2) is 0 Å². The normalized spacial score (nSPS) is 9.80. The van der Waals surface area contributed by atoms with Crippen molar-refractivity contribution in [2.45, 2.75) is 26.2 Å². The summed E-state index contributed by atoms with van der Waals surface area (Å²) in [5.41, 5.74) is 0. The van der Waals surface area contributed by atoms with Gasteiger partial charge in [0.05, 0.1) is 6.54 Å². The Labute approximate surface area is 62.8 Å². The van der Waals surface area contributed by atoms with Crippen LogP contribution < -0.4 is 0 Å². The van der Waals surface area contributed by atoms with E-state index in [-0.39, 0.29) is 0 Å². The predicted octanol–water partition coefficient (Wildman–Crippen LogP) is 1.50. The summed E-state index contributed by atoms with van der Waals surface area (Å²) in [6, 6.07) is 0. The first-order valence-electron chi connectivity index (χ1n) is 3.68. The predicted molar refractivity (Wildman–Crippen MR) is 41.7 cm³/mol. The van der Waals surface area contributed by atoms with Crippen LogP contribution in [-0.4, -0.2) is 23.4 Å². The van der Waals surface area contributed by atoms with E-state index < -0.39 is 0 Å². The Morgan fingerprint density at radius 2 is 2.20 bits per heavy atom. The number of rotatable bonds is 5. The molecule has 0 aliphatic rings. The van der Waals surface area contributed by atoms with E-state index in [9.17, 15) is 0 Å². The second-order valence-corrected chi connectivity index (χ2v) is 2.30. The molecule has 0 fully saturated rings. The van der Waals surface area contributed by atoms with Gasteiger partial charge in [0.2, 0.25) is 0 Å². The molecule has 2 heteroatoms. The highest BCUT2D eigenvalue weighted by molar-refractivity contribution is 4.85. The molecule has 0 atom stereocenters. The van der Waals surface area contributed by atoms with Crippen LogP contribution in [0.2, 0.25) is 0 Å². The number of terminal acetylenes is 1. The zero-order chi connectivity index (χ0) is 7.82. The van der Waals surface area contributed by atoms with Crippen LogP contribution in [0.1, 0.15) is 26.2 Å². The van der Waals surface area contributed by atoms with Gasteiger partial charge in [0.25, 0.3) is 0 Å². The fraction of sp³-hybridized carbons (Fsp3) is 0.750. The Hall–Kier alpha value is -0.520. The molecule has 0 aromatic carbocycles. The van der Waals surface area contributed by atoms with Gasteiger partial charge in [0.1, 0.15) is 0 Å². The van der Waals surface area contributed by atoms with Crippen molar-refractivity contribution in [1.29, 1.82) is 0 Å². The molecule has 0 aliphatic heterocycles. The number of hydrogen-bond donors (Lipinski definition) is 1. The molecule has 0 aromatic heterocycles. The molecule has 2 nitrogen and oxygen atoms in total. The average molecular weight is 141 g/mol. The lowest BCUT2D eigenvalue weighted by Crippen LogP contribution is -2.20. The maximum atomic E-state index is 8.97. The van der Waals surface area contributed by atoms with E-state index in [0.717, 1.165) is 12.8 Å². The van der Waals surface area contributed by atoms with Gasteiger partial charge in [0, 0.05) is 6.54 Å². The van der Waals surface area contributed by atoms with Gasteiger partial charge in [-0.15, -0.1) is 6.42 Å². The van der Waals surface area contributed by atoms with Crippen molar-refractivity contribution in [3.8, 4) is 12.3 Å². The molecule has 0 rings (SSSR count). The topological polar surface area (TPSA) is 23.5 Å². The zero-order valence-corrected chi connectivity index (χ0v) is 6.51. The molecule has 0 spiro atoms. The Morgan fingerprint density at radius 1 is 1.50 bits per heavy atom. The van der Waals surface area contributed by atoms with E-state index in [4.69, 9.17) is 11.6 Å². The molecule has 0 amide bonds. The molecule has 0 aromatic rings. The van der Waals surface area contributed by atoms with Crippen LogP contribution in [0.3, 0.4) is 0 Å². The third-order valence-electron chi connectivity index (χ3n) is 1.29. The van der Waals surface area contributed by atoms with E-state index in [2.05, 4.69) is 12.8 Å². The lowest BCUT2D eigenvalue weighted by atomic mass is 10.2. The van der Waals surface area contributed by atoms with Crippen LogP contribution in [0, 0.1) is 12.3 Å². The number of hydroxylamine groups is 2. The zero-order valence-electron chi connectivity index (χ0n) is 6.51. The molecule has 0 saturated heterocycles. The smallest absolute Gasteiger partial charge is 0.0846 e. The lowest BCUT2D eigenvalue weighted by Gasteiger charge is -2.09. The first-order chi connectivity index (χ1) is 4.81. The SMILES string of the molecule is C#CCN(O)CCCCC. The van der Waals surface area contributed by atoms with E-state index in [1.54, 1.807) is 0 Å². The van der Waals surface area contributed by atoms with Crippen molar-refractivity contribution < 1.29 is 5.21 Å². The highest BCUT2D eigenvalue weighted by atomic mass is 16.5. The Morgan fingerprint density at radius 3 is 2.70 bits per heavy atom. The lowest BCUT2D eigenvalue weighted by molar-refractivity contribution is -0.0790. The van der Waals surface area contributed by atoms with Gasteiger partial charge in [-0.25, -0.2) is 0 Å². The minimum absolute atomic E-state index is 0.337. The second-order valence-electron chi connectivity index (χ2n) is 2.30. The van der Waals surface area contributed by atoms with Gasteiger partial charge >= 0.3 is 0 Å². The largest absolute Gasteiger partial charge is 0.313 e. The van der Waals surface area contributed by atoms with E-state index in [1.807, 2.05) is 0 Å². The molecule has 0 radical (unpaired) electrons. The summed E-state index contributed by atoms with van der Waals surface area (Å²) in [6.07, 6.45) is 8.33. The van der Waals surface area contributed by atoms with Crippen molar-refractivity contribution in [2.75, 3.05) is 13.1 Å². The number of hydrogen-bond acceptors (Lipinski definition) is 2. The van der Waals surface area contributed by atoms with E-state index >= 15 is 0 Å². The van der Waals surface area contributed by atoms with Crippen LogP contribution in [0.4, 0.5) is 0 Å². The fourth-order valence-corrected chi connectivity index (χ4v) is 0.729. The summed E-state index contributed by atoms with van der Waals surface area (Å²) >= 11 is 0. The Kier molecular flexibility index (Phi) is 6.25. The molecule has 0 unspecified atom stereocenters. The summed E-state index contributed by atoms with van der Waals surface area (Å²) in [4.78, 5) is 0. The molecule has 0 bridgehead atoms. The molecular weight excluding hydrogens is 126 g/mol. The summed E-state index contributed by atoms with van der Waals surface area (Å²) in [5.74, 6) is 2.37. The van der Waals surface area contributed by atoms with E-state index in [1.165, 1.54) is 11.5 Å². The average Bonchev–Trinajstić information content (AvgIpc) is 1.89.